The van der Waals surface area contributed by atoms with E-state index in [4.69, 9.17) is 11.6 Å². The molecule has 4 rings (SSSR count). The first-order valence-electron chi connectivity index (χ1n) is 8.96. The van der Waals surface area contributed by atoms with Crippen LogP contribution >= 0.6 is 23.4 Å². The van der Waals surface area contributed by atoms with E-state index in [2.05, 4.69) is 5.32 Å². The van der Waals surface area contributed by atoms with Gasteiger partial charge in [-0.15, -0.1) is 11.8 Å². The molecule has 0 fully saturated rings. The number of hydrogen-bond donors (Lipinski definition) is 1. The summed E-state index contributed by atoms with van der Waals surface area (Å²) in [5.41, 5.74) is 1.93. The maximum Gasteiger partial charge on any atom is 0.253 e. The summed E-state index contributed by atoms with van der Waals surface area (Å²) >= 11 is 7.02. The predicted molar refractivity (Wildman–Crippen MR) is 114 cm³/mol. The van der Waals surface area contributed by atoms with E-state index in [0.29, 0.717) is 27.5 Å². The van der Waals surface area contributed by atoms with Gasteiger partial charge in [-0.2, -0.15) is 0 Å². The highest BCUT2D eigenvalue weighted by atomic mass is 35.5. The van der Waals surface area contributed by atoms with Crippen LogP contribution < -0.4 is 5.32 Å². The van der Waals surface area contributed by atoms with Gasteiger partial charge in [0, 0.05) is 27.5 Å². The van der Waals surface area contributed by atoms with Crippen molar-refractivity contribution < 1.29 is 14.4 Å². The molecule has 1 amide bonds. The van der Waals surface area contributed by atoms with Gasteiger partial charge in [-0.3, -0.25) is 14.4 Å². The van der Waals surface area contributed by atoms with E-state index in [1.807, 2.05) is 30.3 Å². The second-order valence-electron chi connectivity index (χ2n) is 6.62. The van der Waals surface area contributed by atoms with E-state index in [-0.39, 0.29) is 0 Å². The molecule has 0 heterocycles. The zero-order valence-electron chi connectivity index (χ0n) is 15.2. The Balaban J connectivity index is 1.70. The van der Waals surface area contributed by atoms with Gasteiger partial charge in [0.2, 0.25) is 16.4 Å². The summed E-state index contributed by atoms with van der Waals surface area (Å²) in [4.78, 5) is 37.8. The van der Waals surface area contributed by atoms with Crippen LogP contribution in [0.5, 0.6) is 0 Å². The predicted octanol–water partition coefficient (Wildman–Crippen LogP) is 4.78. The highest BCUT2D eigenvalue weighted by Crippen LogP contribution is 2.40. The van der Waals surface area contributed by atoms with Crippen LogP contribution in [-0.4, -0.2) is 22.3 Å². The summed E-state index contributed by atoms with van der Waals surface area (Å²) in [5.74, 6) is -0.910. The van der Waals surface area contributed by atoms with Gasteiger partial charge >= 0.3 is 0 Å². The molecule has 0 aromatic heterocycles. The molecule has 0 unspecified atom stereocenters. The maximum atomic E-state index is 13.3. The van der Waals surface area contributed by atoms with Gasteiger partial charge in [0.15, 0.2) is 0 Å². The number of benzene rings is 3. The highest BCUT2D eigenvalue weighted by molar-refractivity contribution is 8.01. The van der Waals surface area contributed by atoms with Crippen LogP contribution in [0.2, 0.25) is 5.02 Å². The first-order chi connectivity index (χ1) is 14.0. The number of nitrogens with one attached hydrogen (secondary N) is 1. The minimum absolute atomic E-state index is 0.325. The Hall–Kier alpha value is -2.89. The maximum absolute atomic E-state index is 13.3. The van der Waals surface area contributed by atoms with Gasteiger partial charge < -0.3 is 5.32 Å². The van der Waals surface area contributed by atoms with E-state index >= 15 is 0 Å². The summed E-state index contributed by atoms with van der Waals surface area (Å²) in [5, 5.41) is 3.22. The number of hydrogen-bond acceptors (Lipinski definition) is 4. The van der Waals surface area contributed by atoms with E-state index in [0.717, 1.165) is 17.3 Å². The third-order valence-corrected chi connectivity index (χ3v) is 6.39. The standard InChI is InChI=1S/C23H16ClNO3S/c24-17-12-10-16(11-13-17)22(28)25-23(29-14-15-6-2-1-3-7-15)20(26)18-8-4-5-9-19(18)21(23)27/h1-13H,14H2,(H,25,28). The highest BCUT2D eigenvalue weighted by Gasteiger charge is 2.54. The average Bonchev–Trinajstić information content (AvgIpc) is 2.96. The second-order valence-corrected chi connectivity index (χ2v) is 8.25. The monoisotopic (exact) mass is 421 g/mol. The van der Waals surface area contributed by atoms with Crippen molar-refractivity contribution in [1.82, 2.24) is 5.32 Å². The molecule has 29 heavy (non-hydrogen) atoms. The van der Waals surface area contributed by atoms with Crippen LogP contribution in [0.25, 0.3) is 0 Å². The Labute approximate surface area is 177 Å². The molecular formula is C23H16ClNO3S. The molecule has 6 heteroatoms. The summed E-state index contributed by atoms with van der Waals surface area (Å²) in [6, 6.07) is 22.5. The Morgan fingerprint density at radius 2 is 1.38 bits per heavy atom. The van der Waals surface area contributed by atoms with Crippen molar-refractivity contribution in [3.05, 3.63) is 106 Å². The Morgan fingerprint density at radius 3 is 1.97 bits per heavy atom. The zero-order chi connectivity index (χ0) is 20.4. The van der Waals surface area contributed by atoms with Gasteiger partial charge in [0.25, 0.3) is 5.91 Å². The second kappa shape index (κ2) is 7.85. The summed E-state index contributed by atoms with van der Waals surface area (Å²) in [7, 11) is 0. The van der Waals surface area contributed by atoms with Crippen LogP contribution in [0, 0.1) is 0 Å². The lowest BCUT2D eigenvalue weighted by Gasteiger charge is -2.26. The fourth-order valence-corrected chi connectivity index (χ4v) is 4.59. The van der Waals surface area contributed by atoms with Gasteiger partial charge in [-0.1, -0.05) is 66.2 Å². The number of Topliss-reactive ketones (excluding diaryl/α,β-unsaturated/α-hetero) is 2. The van der Waals surface area contributed by atoms with E-state index in [9.17, 15) is 14.4 Å². The van der Waals surface area contributed by atoms with Crippen molar-refractivity contribution >= 4 is 40.8 Å². The third-order valence-electron chi connectivity index (χ3n) is 4.75. The quantitative estimate of drug-likeness (QED) is 0.475. The van der Waals surface area contributed by atoms with Gasteiger partial charge in [0.05, 0.1) is 0 Å². The lowest BCUT2D eigenvalue weighted by atomic mass is 10.1. The Kier molecular flexibility index (Phi) is 5.26. The summed E-state index contributed by atoms with van der Waals surface area (Å²) in [6.45, 7) is 0. The van der Waals surface area contributed by atoms with E-state index < -0.39 is 22.3 Å². The van der Waals surface area contributed by atoms with Gasteiger partial charge in [-0.05, 0) is 29.8 Å². The van der Waals surface area contributed by atoms with Crippen molar-refractivity contribution in [1.29, 1.82) is 0 Å². The largest absolute Gasteiger partial charge is 0.324 e. The first kappa shape index (κ1) is 19.4. The molecular weight excluding hydrogens is 406 g/mol. The van der Waals surface area contributed by atoms with Crippen molar-refractivity contribution in [3.63, 3.8) is 0 Å². The number of ketones is 2. The number of rotatable bonds is 5. The van der Waals surface area contributed by atoms with Crippen LogP contribution in [0.15, 0.2) is 78.9 Å². The normalized spacial score (nSPS) is 14.5. The van der Waals surface area contributed by atoms with Crippen molar-refractivity contribution in [2.45, 2.75) is 10.6 Å². The van der Waals surface area contributed by atoms with Crippen molar-refractivity contribution in [3.8, 4) is 0 Å². The molecule has 1 aliphatic rings. The van der Waals surface area contributed by atoms with Gasteiger partial charge in [-0.25, -0.2) is 0 Å². The molecule has 1 aliphatic carbocycles. The number of halogens is 1. The SMILES string of the molecule is O=C(NC1(SCc2ccccc2)C(=O)c2ccccc2C1=O)c1ccc(Cl)cc1. The lowest BCUT2D eigenvalue weighted by molar-refractivity contribution is 0.0778. The molecule has 0 radical (unpaired) electrons. The molecule has 3 aromatic carbocycles. The molecule has 144 valence electrons. The van der Waals surface area contributed by atoms with Crippen LogP contribution in [-0.2, 0) is 5.75 Å². The van der Waals surface area contributed by atoms with Crippen molar-refractivity contribution in [2.24, 2.45) is 0 Å². The van der Waals surface area contributed by atoms with Crippen molar-refractivity contribution in [2.75, 3.05) is 0 Å². The minimum Gasteiger partial charge on any atom is -0.324 e. The Morgan fingerprint density at radius 1 is 0.828 bits per heavy atom. The van der Waals surface area contributed by atoms with E-state index in [1.54, 1.807) is 48.5 Å². The topological polar surface area (TPSA) is 63.2 Å². The Bertz CT molecular complexity index is 1060. The zero-order valence-corrected chi connectivity index (χ0v) is 16.8. The molecule has 0 atom stereocenters. The fourth-order valence-electron chi connectivity index (χ4n) is 3.24. The smallest absolute Gasteiger partial charge is 0.253 e. The molecule has 1 N–H and O–H groups in total. The first-order valence-corrected chi connectivity index (χ1v) is 10.3. The number of thioether (sulfide) groups is 1. The fraction of sp³-hybridized carbons (Fsp3) is 0.0870. The number of amides is 1. The number of fused-ring (bicyclic) bond motifs is 1. The van der Waals surface area contributed by atoms with E-state index in [1.165, 1.54) is 0 Å². The molecule has 0 spiro atoms. The summed E-state index contributed by atoms with van der Waals surface area (Å²) < 4.78 is 0. The number of carbonyl (C=O) groups is 3. The molecule has 0 saturated carbocycles. The lowest BCUT2D eigenvalue weighted by Crippen LogP contribution is -2.54. The number of carbonyl (C=O) groups excluding carboxylic acids is 3. The van der Waals surface area contributed by atoms with Gasteiger partial charge in [0.1, 0.15) is 0 Å². The van der Waals surface area contributed by atoms with Crippen LogP contribution in [0.1, 0.15) is 36.6 Å². The van der Waals surface area contributed by atoms with Crippen LogP contribution in [0.3, 0.4) is 0 Å². The molecule has 4 nitrogen and oxygen atoms in total. The average molecular weight is 422 g/mol. The molecule has 0 saturated heterocycles. The molecule has 3 aromatic rings. The minimum atomic E-state index is -1.70. The van der Waals surface area contributed by atoms with Crippen LogP contribution in [0.4, 0.5) is 0 Å². The molecule has 0 bridgehead atoms. The molecule has 0 aliphatic heterocycles. The summed E-state index contributed by atoms with van der Waals surface area (Å²) in [6.07, 6.45) is 0. The third kappa shape index (κ3) is 3.59.